The van der Waals surface area contributed by atoms with Gasteiger partial charge in [-0.25, -0.2) is 0 Å². The summed E-state index contributed by atoms with van der Waals surface area (Å²) in [5, 5.41) is 9.87. The molecule has 2 rings (SSSR count). The molecule has 1 heterocycles. The maximum atomic E-state index is 11.3. The minimum Gasteiger partial charge on any atom is -0.469 e. The fourth-order valence-electron chi connectivity index (χ4n) is 2.33. The van der Waals surface area contributed by atoms with Crippen LogP contribution < -0.4 is 0 Å². The van der Waals surface area contributed by atoms with Crippen molar-refractivity contribution in [3.8, 4) is 0 Å². The first-order valence-electron chi connectivity index (χ1n) is 6.81. The van der Waals surface area contributed by atoms with Crippen LogP contribution in [0.2, 0.25) is 0 Å². The second-order valence-electron chi connectivity index (χ2n) is 4.97. The van der Waals surface area contributed by atoms with E-state index in [0.29, 0.717) is 12.8 Å². The van der Waals surface area contributed by atoms with Gasteiger partial charge in [-0.3, -0.25) is 4.79 Å². The average molecular weight is 276 g/mol. The molecule has 1 N–H and O–H groups in total. The summed E-state index contributed by atoms with van der Waals surface area (Å²) in [6, 6.07) is 9.90. The molecule has 1 aromatic rings. The number of rotatable bonds is 4. The van der Waals surface area contributed by atoms with Crippen molar-refractivity contribution in [3.05, 3.63) is 42.0 Å². The van der Waals surface area contributed by atoms with Gasteiger partial charge in [0.15, 0.2) is 0 Å². The van der Waals surface area contributed by atoms with Crippen LogP contribution in [0.5, 0.6) is 0 Å². The molecule has 4 nitrogen and oxygen atoms in total. The van der Waals surface area contributed by atoms with Gasteiger partial charge in [0.1, 0.15) is 0 Å². The number of aliphatic hydroxyl groups excluding tert-OH is 1. The number of hydrogen-bond donors (Lipinski definition) is 1. The molecule has 1 aliphatic rings. The van der Waals surface area contributed by atoms with Crippen LogP contribution in [0.25, 0.3) is 6.08 Å². The van der Waals surface area contributed by atoms with Crippen molar-refractivity contribution in [2.45, 2.75) is 37.6 Å². The molecule has 1 saturated heterocycles. The Bertz CT molecular complexity index is 455. The summed E-state index contributed by atoms with van der Waals surface area (Å²) < 4.78 is 10.4. The lowest BCUT2D eigenvalue weighted by Crippen LogP contribution is -2.36. The van der Waals surface area contributed by atoms with Gasteiger partial charge in [-0.15, -0.1) is 0 Å². The standard InChI is InChI=1S/C16H20O4/c1-19-16(18)11-15-10-13(17)9-14(20-15)8-7-12-5-3-2-4-6-12/h2-8,13-15,17H,9-11H2,1H3/b8-7+/t13-,14+,15+/m0/s1. The quantitative estimate of drug-likeness (QED) is 0.856. The molecule has 1 aliphatic heterocycles. The minimum atomic E-state index is -0.441. The van der Waals surface area contributed by atoms with Crippen LogP contribution in [-0.2, 0) is 14.3 Å². The number of esters is 1. The molecule has 0 spiro atoms. The summed E-state index contributed by atoms with van der Waals surface area (Å²) in [6.07, 6.45) is 4.23. The molecular formula is C16H20O4. The predicted molar refractivity (Wildman–Crippen MR) is 76.0 cm³/mol. The first-order chi connectivity index (χ1) is 9.67. The number of carbonyl (C=O) groups is 1. The summed E-state index contributed by atoms with van der Waals surface area (Å²) in [5.74, 6) is -0.310. The van der Waals surface area contributed by atoms with Gasteiger partial charge in [-0.2, -0.15) is 0 Å². The summed E-state index contributed by atoms with van der Waals surface area (Å²) in [4.78, 5) is 11.3. The van der Waals surface area contributed by atoms with Gasteiger partial charge in [0.25, 0.3) is 0 Å². The lowest BCUT2D eigenvalue weighted by Gasteiger charge is -2.31. The maximum Gasteiger partial charge on any atom is 0.308 e. The second kappa shape index (κ2) is 7.22. The molecular weight excluding hydrogens is 256 g/mol. The monoisotopic (exact) mass is 276 g/mol. The van der Waals surface area contributed by atoms with E-state index in [1.165, 1.54) is 7.11 Å². The number of aliphatic hydroxyl groups is 1. The molecule has 0 unspecified atom stereocenters. The minimum absolute atomic E-state index is 0.173. The lowest BCUT2D eigenvalue weighted by atomic mass is 9.98. The number of methoxy groups -OCH3 is 1. The number of carbonyl (C=O) groups excluding carboxylic acids is 1. The van der Waals surface area contributed by atoms with Crippen molar-refractivity contribution in [3.63, 3.8) is 0 Å². The van der Waals surface area contributed by atoms with Crippen LogP contribution in [0.15, 0.2) is 36.4 Å². The van der Waals surface area contributed by atoms with Gasteiger partial charge in [-0.05, 0) is 5.56 Å². The van der Waals surface area contributed by atoms with E-state index in [1.807, 2.05) is 42.5 Å². The van der Waals surface area contributed by atoms with E-state index in [2.05, 4.69) is 4.74 Å². The summed E-state index contributed by atoms with van der Waals surface area (Å²) >= 11 is 0. The van der Waals surface area contributed by atoms with E-state index in [0.717, 1.165) is 5.56 Å². The van der Waals surface area contributed by atoms with Crippen LogP contribution in [-0.4, -0.2) is 36.5 Å². The molecule has 0 aliphatic carbocycles. The van der Waals surface area contributed by atoms with Crippen molar-refractivity contribution in [2.24, 2.45) is 0 Å². The number of ether oxygens (including phenoxy) is 2. The highest BCUT2D eigenvalue weighted by Crippen LogP contribution is 2.23. The van der Waals surface area contributed by atoms with Crippen molar-refractivity contribution < 1.29 is 19.4 Å². The summed E-state index contributed by atoms with van der Waals surface area (Å²) in [7, 11) is 1.36. The second-order valence-corrected chi connectivity index (χ2v) is 4.97. The fourth-order valence-corrected chi connectivity index (χ4v) is 2.33. The van der Waals surface area contributed by atoms with Crippen LogP contribution in [0.4, 0.5) is 0 Å². The molecule has 20 heavy (non-hydrogen) atoms. The maximum absolute atomic E-state index is 11.3. The largest absolute Gasteiger partial charge is 0.469 e. The van der Waals surface area contributed by atoms with Gasteiger partial charge in [0, 0.05) is 12.8 Å². The van der Waals surface area contributed by atoms with Crippen molar-refractivity contribution in [1.29, 1.82) is 0 Å². The predicted octanol–water partition coefficient (Wildman–Crippen LogP) is 2.17. The third-order valence-electron chi connectivity index (χ3n) is 3.33. The Kier molecular flexibility index (Phi) is 5.32. The molecule has 0 bridgehead atoms. The Morgan fingerprint density at radius 2 is 2.15 bits per heavy atom. The van der Waals surface area contributed by atoms with E-state index in [1.54, 1.807) is 0 Å². The summed E-state index contributed by atoms with van der Waals surface area (Å²) in [6.45, 7) is 0. The van der Waals surface area contributed by atoms with Crippen molar-refractivity contribution >= 4 is 12.0 Å². The van der Waals surface area contributed by atoms with E-state index in [4.69, 9.17) is 4.74 Å². The number of benzene rings is 1. The van der Waals surface area contributed by atoms with Crippen LogP contribution in [0, 0.1) is 0 Å². The highest BCUT2D eigenvalue weighted by molar-refractivity contribution is 5.69. The smallest absolute Gasteiger partial charge is 0.308 e. The molecule has 4 heteroatoms. The molecule has 3 atom stereocenters. The zero-order chi connectivity index (χ0) is 14.4. The van der Waals surface area contributed by atoms with Gasteiger partial charge in [0.05, 0.1) is 31.8 Å². The summed E-state index contributed by atoms with van der Waals surface area (Å²) in [5.41, 5.74) is 1.08. The first-order valence-corrected chi connectivity index (χ1v) is 6.81. The molecule has 108 valence electrons. The van der Waals surface area contributed by atoms with E-state index in [-0.39, 0.29) is 24.6 Å². The Hall–Kier alpha value is -1.65. The molecule has 1 fully saturated rings. The van der Waals surface area contributed by atoms with Crippen LogP contribution in [0.1, 0.15) is 24.8 Å². The van der Waals surface area contributed by atoms with Crippen LogP contribution >= 0.6 is 0 Å². The average Bonchev–Trinajstić information content (AvgIpc) is 2.45. The topological polar surface area (TPSA) is 55.8 Å². The molecule has 1 aromatic carbocycles. The van der Waals surface area contributed by atoms with Gasteiger partial charge in [0.2, 0.25) is 0 Å². The van der Waals surface area contributed by atoms with Gasteiger partial charge in [-0.1, -0.05) is 42.5 Å². The third-order valence-corrected chi connectivity index (χ3v) is 3.33. The lowest BCUT2D eigenvalue weighted by molar-refractivity contribution is -0.148. The Labute approximate surface area is 119 Å². The number of hydrogen-bond acceptors (Lipinski definition) is 4. The molecule has 0 amide bonds. The zero-order valence-electron chi connectivity index (χ0n) is 11.6. The van der Waals surface area contributed by atoms with E-state index < -0.39 is 6.10 Å². The van der Waals surface area contributed by atoms with Crippen molar-refractivity contribution in [1.82, 2.24) is 0 Å². The van der Waals surface area contributed by atoms with Gasteiger partial charge >= 0.3 is 5.97 Å². The Morgan fingerprint density at radius 1 is 1.40 bits per heavy atom. The zero-order valence-corrected chi connectivity index (χ0v) is 11.6. The third kappa shape index (κ3) is 4.47. The van der Waals surface area contributed by atoms with E-state index >= 15 is 0 Å². The molecule has 0 aromatic heterocycles. The highest BCUT2D eigenvalue weighted by atomic mass is 16.5. The Balaban J connectivity index is 1.94. The normalized spacial score (nSPS) is 26.6. The first kappa shape index (κ1) is 14.8. The highest BCUT2D eigenvalue weighted by Gasteiger charge is 2.28. The SMILES string of the molecule is COC(=O)C[C@H]1C[C@@H](O)C[C@@H](/C=C/c2ccccc2)O1. The molecule has 0 radical (unpaired) electrons. The van der Waals surface area contributed by atoms with Gasteiger partial charge < -0.3 is 14.6 Å². The Morgan fingerprint density at radius 3 is 2.85 bits per heavy atom. The van der Waals surface area contributed by atoms with Crippen molar-refractivity contribution in [2.75, 3.05) is 7.11 Å². The van der Waals surface area contributed by atoms with Crippen LogP contribution in [0.3, 0.4) is 0 Å². The molecule has 0 saturated carbocycles. The fraction of sp³-hybridized carbons (Fsp3) is 0.438. The van der Waals surface area contributed by atoms with E-state index in [9.17, 15) is 9.90 Å².